The molecule has 0 spiro atoms. The third-order valence-corrected chi connectivity index (χ3v) is 3.32. The molecule has 0 unspecified atom stereocenters. The maximum atomic E-state index is 11.4. The molecule has 0 radical (unpaired) electrons. The molecule has 8 nitrogen and oxygen atoms in total. The van der Waals surface area contributed by atoms with E-state index in [0.717, 1.165) is 4.73 Å². The standard InChI is InChI=1S/C10H14N2O6S/c1-17-12-2-4(9(19)11-10(12)16)8-7(15)6(14)5(3-13)18-8/h2,5-8,13-15H,3H2,1H3,(H,11,16,19)/t5-,6-,7-,8+/m1/s1. The lowest BCUT2D eigenvalue weighted by atomic mass is 10.0. The summed E-state index contributed by atoms with van der Waals surface area (Å²) in [5.74, 6) is 0. The van der Waals surface area contributed by atoms with Gasteiger partial charge in [-0.2, -0.15) is 0 Å². The molecule has 9 heteroatoms. The zero-order chi connectivity index (χ0) is 14.2. The largest absolute Gasteiger partial charge is 0.413 e. The van der Waals surface area contributed by atoms with Gasteiger partial charge in [-0.05, 0) is 0 Å². The topological polar surface area (TPSA) is 117 Å². The number of nitrogens with one attached hydrogen (secondary N) is 1. The van der Waals surface area contributed by atoms with Gasteiger partial charge in [0.15, 0.2) is 0 Å². The van der Waals surface area contributed by atoms with Crippen molar-refractivity contribution in [2.24, 2.45) is 0 Å². The van der Waals surface area contributed by atoms with Gasteiger partial charge in [-0.3, -0.25) is 4.98 Å². The number of aliphatic hydroxyl groups excluding tert-OH is 3. The Labute approximate surface area is 112 Å². The fourth-order valence-corrected chi connectivity index (χ4v) is 2.22. The van der Waals surface area contributed by atoms with Crippen LogP contribution in [0, 0.1) is 4.64 Å². The highest BCUT2D eigenvalue weighted by atomic mass is 32.1. The van der Waals surface area contributed by atoms with E-state index in [0.29, 0.717) is 5.56 Å². The van der Waals surface area contributed by atoms with Gasteiger partial charge in [0.25, 0.3) is 0 Å². The van der Waals surface area contributed by atoms with Crippen molar-refractivity contribution in [3.63, 3.8) is 0 Å². The summed E-state index contributed by atoms with van der Waals surface area (Å²) in [5, 5.41) is 28.6. The molecule has 0 bridgehead atoms. The molecule has 1 saturated heterocycles. The van der Waals surface area contributed by atoms with Gasteiger partial charge in [0, 0.05) is 5.56 Å². The Hall–Kier alpha value is -1.26. The second-order valence-electron chi connectivity index (χ2n) is 4.11. The zero-order valence-corrected chi connectivity index (χ0v) is 10.8. The predicted molar refractivity (Wildman–Crippen MR) is 65.1 cm³/mol. The number of hydrogen-bond acceptors (Lipinski definition) is 7. The van der Waals surface area contributed by atoms with Crippen LogP contribution in [0.3, 0.4) is 0 Å². The van der Waals surface area contributed by atoms with Crippen LogP contribution in [0.15, 0.2) is 11.0 Å². The van der Waals surface area contributed by atoms with Crippen LogP contribution >= 0.6 is 12.2 Å². The molecule has 4 atom stereocenters. The van der Waals surface area contributed by atoms with E-state index in [1.807, 2.05) is 0 Å². The molecule has 1 aliphatic heterocycles. The number of aromatic amines is 1. The second-order valence-corrected chi connectivity index (χ2v) is 4.52. The summed E-state index contributed by atoms with van der Waals surface area (Å²) in [4.78, 5) is 18.6. The molecule has 1 fully saturated rings. The Kier molecular flexibility index (Phi) is 4.02. The Morgan fingerprint density at radius 3 is 2.74 bits per heavy atom. The molecule has 1 aliphatic rings. The average Bonchev–Trinajstić information content (AvgIpc) is 2.67. The van der Waals surface area contributed by atoms with Crippen molar-refractivity contribution in [3.8, 4) is 0 Å². The van der Waals surface area contributed by atoms with E-state index in [2.05, 4.69) is 4.98 Å². The normalized spacial score (nSPS) is 30.5. The summed E-state index contributed by atoms with van der Waals surface area (Å²) in [5.41, 5.74) is -0.276. The minimum Gasteiger partial charge on any atom is -0.413 e. The van der Waals surface area contributed by atoms with Gasteiger partial charge in [0.05, 0.1) is 12.8 Å². The number of aromatic nitrogens is 2. The molecule has 1 aromatic heterocycles. The van der Waals surface area contributed by atoms with Crippen LogP contribution < -0.4 is 10.5 Å². The number of ether oxygens (including phenoxy) is 1. The predicted octanol–water partition coefficient (Wildman–Crippen LogP) is -1.88. The third-order valence-electron chi connectivity index (χ3n) is 2.98. The molecule has 0 saturated carbocycles. The Balaban J connectivity index is 2.43. The summed E-state index contributed by atoms with van der Waals surface area (Å²) in [6.45, 7) is -0.435. The van der Waals surface area contributed by atoms with Crippen LogP contribution in [0.5, 0.6) is 0 Å². The molecule has 0 amide bonds. The summed E-state index contributed by atoms with van der Waals surface area (Å²) in [6, 6.07) is 0. The van der Waals surface area contributed by atoms with Crippen molar-refractivity contribution in [3.05, 3.63) is 26.9 Å². The third kappa shape index (κ3) is 2.42. The first-order valence-electron chi connectivity index (χ1n) is 5.52. The lowest BCUT2D eigenvalue weighted by Gasteiger charge is -2.15. The van der Waals surface area contributed by atoms with Crippen LogP contribution in [0.25, 0.3) is 0 Å². The maximum absolute atomic E-state index is 11.4. The van der Waals surface area contributed by atoms with E-state index in [1.165, 1.54) is 13.3 Å². The minimum atomic E-state index is -1.25. The lowest BCUT2D eigenvalue weighted by Crippen LogP contribution is -2.33. The van der Waals surface area contributed by atoms with Crippen molar-refractivity contribution < 1.29 is 24.9 Å². The maximum Gasteiger partial charge on any atom is 0.359 e. The highest BCUT2D eigenvalue weighted by Gasteiger charge is 2.43. The van der Waals surface area contributed by atoms with Crippen LogP contribution in [0.2, 0.25) is 0 Å². The Morgan fingerprint density at radius 1 is 1.53 bits per heavy atom. The van der Waals surface area contributed by atoms with Gasteiger partial charge in [-0.1, -0.05) is 12.2 Å². The highest BCUT2D eigenvalue weighted by Crippen LogP contribution is 2.33. The van der Waals surface area contributed by atoms with Gasteiger partial charge in [0.2, 0.25) is 0 Å². The molecule has 0 aromatic carbocycles. The number of aliphatic hydroxyl groups is 3. The Morgan fingerprint density at radius 2 is 2.21 bits per heavy atom. The quantitative estimate of drug-likeness (QED) is 0.481. The molecule has 19 heavy (non-hydrogen) atoms. The van der Waals surface area contributed by atoms with Crippen molar-refractivity contribution in [2.45, 2.75) is 24.4 Å². The number of H-pyrrole nitrogens is 1. The molecular weight excluding hydrogens is 276 g/mol. The summed E-state index contributed by atoms with van der Waals surface area (Å²) in [7, 11) is 1.29. The van der Waals surface area contributed by atoms with Gasteiger partial charge in [-0.15, -0.1) is 4.73 Å². The smallest absolute Gasteiger partial charge is 0.359 e. The van der Waals surface area contributed by atoms with E-state index in [9.17, 15) is 15.0 Å². The van der Waals surface area contributed by atoms with E-state index < -0.39 is 36.7 Å². The van der Waals surface area contributed by atoms with Gasteiger partial charge >= 0.3 is 5.69 Å². The highest BCUT2D eigenvalue weighted by molar-refractivity contribution is 7.71. The summed E-state index contributed by atoms with van der Waals surface area (Å²) >= 11 is 4.99. The van der Waals surface area contributed by atoms with Gasteiger partial charge in [0.1, 0.15) is 36.2 Å². The average molecular weight is 290 g/mol. The number of hydrogen-bond donors (Lipinski definition) is 4. The first-order valence-corrected chi connectivity index (χ1v) is 5.93. The first kappa shape index (κ1) is 14.2. The molecule has 4 N–H and O–H groups in total. The molecule has 106 valence electrons. The van der Waals surface area contributed by atoms with Crippen LogP contribution in [0.1, 0.15) is 11.7 Å². The fourth-order valence-electron chi connectivity index (χ4n) is 1.96. The van der Waals surface area contributed by atoms with E-state index in [-0.39, 0.29) is 4.64 Å². The Bertz CT molecular complexity index is 570. The van der Waals surface area contributed by atoms with E-state index in [4.69, 9.17) is 26.9 Å². The fraction of sp³-hybridized carbons (Fsp3) is 0.600. The molecule has 2 heterocycles. The van der Waals surface area contributed by atoms with E-state index >= 15 is 0 Å². The van der Waals surface area contributed by atoms with Gasteiger partial charge in [-0.25, -0.2) is 4.79 Å². The molecule has 0 aliphatic carbocycles. The number of nitrogens with zero attached hydrogens (tertiary/aromatic N) is 1. The molecule has 1 aromatic rings. The number of rotatable bonds is 3. The molecular formula is C10H14N2O6S. The summed E-state index contributed by atoms with van der Waals surface area (Å²) < 4.78 is 6.30. The molecule has 2 rings (SSSR count). The van der Waals surface area contributed by atoms with Gasteiger partial charge < -0.3 is 24.9 Å². The lowest BCUT2D eigenvalue weighted by molar-refractivity contribution is -0.0236. The zero-order valence-electron chi connectivity index (χ0n) is 10.0. The summed E-state index contributed by atoms with van der Waals surface area (Å²) in [6.07, 6.45) is -3.06. The monoisotopic (exact) mass is 290 g/mol. The first-order chi connectivity index (χ1) is 8.99. The van der Waals surface area contributed by atoms with Crippen molar-refractivity contribution >= 4 is 12.2 Å². The van der Waals surface area contributed by atoms with Crippen molar-refractivity contribution in [1.29, 1.82) is 0 Å². The minimum absolute atomic E-state index is 0.0770. The van der Waals surface area contributed by atoms with Crippen LogP contribution in [-0.4, -0.2) is 57.1 Å². The van der Waals surface area contributed by atoms with Crippen molar-refractivity contribution in [2.75, 3.05) is 13.7 Å². The van der Waals surface area contributed by atoms with E-state index in [1.54, 1.807) is 0 Å². The van der Waals surface area contributed by atoms with Crippen LogP contribution in [0.4, 0.5) is 0 Å². The van der Waals surface area contributed by atoms with Crippen LogP contribution in [-0.2, 0) is 4.74 Å². The second kappa shape index (κ2) is 5.39. The van der Waals surface area contributed by atoms with Crippen molar-refractivity contribution in [1.82, 2.24) is 9.71 Å². The SMILES string of the molecule is COn1cc([C@@H]2O[C@H](CO)[C@@H](O)[C@H]2O)c(=S)[nH]c1=O.